The molecule has 1 aromatic rings. The zero-order valence-electron chi connectivity index (χ0n) is 23.4. The maximum Gasteiger partial charge on any atom is 0.405 e. The van der Waals surface area contributed by atoms with Crippen LogP contribution >= 0.6 is 11.6 Å². The van der Waals surface area contributed by atoms with Crippen molar-refractivity contribution < 1.29 is 27.6 Å². The molecule has 1 aromatic carbocycles. The van der Waals surface area contributed by atoms with Gasteiger partial charge in [-0.3, -0.25) is 9.59 Å². The lowest BCUT2D eigenvalue weighted by Crippen LogP contribution is -2.51. The molecular formula is C29H40ClF3N4O3. The highest BCUT2D eigenvalue weighted by atomic mass is 35.5. The molecule has 1 N–H and O–H groups in total. The van der Waals surface area contributed by atoms with Crippen molar-refractivity contribution in [1.29, 1.82) is 0 Å². The molecule has 222 valence electrons. The fourth-order valence-electron chi connectivity index (χ4n) is 6.44. The molecule has 3 atom stereocenters. The summed E-state index contributed by atoms with van der Waals surface area (Å²) in [6.07, 6.45) is 0.253. The maximum atomic E-state index is 13.9. The van der Waals surface area contributed by atoms with Gasteiger partial charge in [-0.25, -0.2) is 4.79 Å². The molecule has 1 aliphatic carbocycles. The Hall–Kier alpha value is -2.49. The first-order chi connectivity index (χ1) is 18.8. The number of likely N-dealkylation sites (tertiary alicyclic amines) is 2. The molecule has 7 nitrogen and oxygen atoms in total. The number of amides is 4. The van der Waals surface area contributed by atoms with Gasteiger partial charge in [-0.15, -0.1) is 0 Å². The minimum Gasteiger partial charge on any atom is -0.340 e. The van der Waals surface area contributed by atoms with E-state index < -0.39 is 24.7 Å². The van der Waals surface area contributed by atoms with Crippen molar-refractivity contribution in [3.8, 4) is 0 Å². The predicted octanol–water partition coefficient (Wildman–Crippen LogP) is 5.29. The maximum absolute atomic E-state index is 13.9. The van der Waals surface area contributed by atoms with Crippen molar-refractivity contribution in [3.05, 3.63) is 34.9 Å². The highest BCUT2D eigenvalue weighted by Crippen LogP contribution is 2.37. The lowest BCUT2D eigenvalue weighted by Gasteiger charge is -2.41. The van der Waals surface area contributed by atoms with Crippen LogP contribution in [0.5, 0.6) is 0 Å². The smallest absolute Gasteiger partial charge is 0.340 e. The van der Waals surface area contributed by atoms with Gasteiger partial charge in [0.25, 0.3) is 0 Å². The Morgan fingerprint density at radius 1 is 0.975 bits per heavy atom. The lowest BCUT2D eigenvalue weighted by molar-refractivity contribution is -0.142. The van der Waals surface area contributed by atoms with Gasteiger partial charge in [0, 0.05) is 49.1 Å². The molecule has 2 saturated heterocycles. The number of hydrogen-bond acceptors (Lipinski definition) is 3. The predicted molar refractivity (Wildman–Crippen MR) is 147 cm³/mol. The number of halogens is 4. The number of nitrogens with zero attached hydrogens (tertiary/aromatic N) is 3. The molecule has 0 unspecified atom stereocenters. The third-order valence-electron chi connectivity index (χ3n) is 8.66. The molecule has 3 fully saturated rings. The van der Waals surface area contributed by atoms with Gasteiger partial charge in [-0.2, -0.15) is 13.2 Å². The molecule has 2 heterocycles. The fourth-order valence-corrected chi connectivity index (χ4v) is 6.56. The average Bonchev–Trinajstić information content (AvgIpc) is 3.56. The monoisotopic (exact) mass is 584 g/mol. The highest BCUT2D eigenvalue weighted by molar-refractivity contribution is 6.30. The Morgan fingerprint density at radius 3 is 2.23 bits per heavy atom. The minimum atomic E-state index is -4.53. The average molecular weight is 585 g/mol. The Bertz CT molecular complexity index is 1060. The van der Waals surface area contributed by atoms with Crippen LogP contribution in [0.3, 0.4) is 0 Å². The molecule has 1 saturated carbocycles. The molecule has 3 aliphatic rings. The number of hydrogen-bond donors (Lipinski definition) is 1. The molecule has 40 heavy (non-hydrogen) atoms. The van der Waals surface area contributed by atoms with E-state index in [4.69, 9.17) is 11.6 Å². The van der Waals surface area contributed by atoms with Gasteiger partial charge in [0.2, 0.25) is 11.8 Å². The van der Waals surface area contributed by atoms with Gasteiger partial charge in [0.15, 0.2) is 0 Å². The fraction of sp³-hybridized carbons (Fsp3) is 0.690. The molecule has 0 aromatic heterocycles. The summed E-state index contributed by atoms with van der Waals surface area (Å²) in [5, 5.41) is 2.46. The highest BCUT2D eigenvalue weighted by Gasteiger charge is 2.45. The topological polar surface area (TPSA) is 73.0 Å². The molecular weight excluding hydrogens is 545 g/mol. The molecule has 4 rings (SSSR count). The van der Waals surface area contributed by atoms with Gasteiger partial charge in [0.1, 0.15) is 6.54 Å². The van der Waals surface area contributed by atoms with E-state index in [0.717, 1.165) is 31.2 Å². The lowest BCUT2D eigenvalue weighted by atomic mass is 9.85. The van der Waals surface area contributed by atoms with Crippen molar-refractivity contribution in [2.45, 2.75) is 77.1 Å². The van der Waals surface area contributed by atoms with Gasteiger partial charge in [-0.1, -0.05) is 44.5 Å². The second-order valence-electron chi connectivity index (χ2n) is 12.0. The van der Waals surface area contributed by atoms with Crippen molar-refractivity contribution in [1.82, 2.24) is 20.0 Å². The largest absolute Gasteiger partial charge is 0.405 e. The second-order valence-corrected chi connectivity index (χ2v) is 12.4. The summed E-state index contributed by atoms with van der Waals surface area (Å²) in [6, 6.07) is 6.26. The van der Waals surface area contributed by atoms with Crippen LogP contribution in [0.1, 0.15) is 64.4 Å². The van der Waals surface area contributed by atoms with Crippen LogP contribution in [-0.4, -0.2) is 83.5 Å². The second kappa shape index (κ2) is 12.6. The van der Waals surface area contributed by atoms with E-state index >= 15 is 0 Å². The molecule has 0 bridgehead atoms. The molecule has 2 aliphatic heterocycles. The van der Waals surface area contributed by atoms with Crippen molar-refractivity contribution in [2.24, 2.45) is 17.8 Å². The van der Waals surface area contributed by atoms with Gasteiger partial charge < -0.3 is 20.0 Å². The Morgan fingerprint density at radius 2 is 1.62 bits per heavy atom. The summed E-state index contributed by atoms with van der Waals surface area (Å²) in [4.78, 5) is 45.0. The van der Waals surface area contributed by atoms with Crippen LogP contribution in [-0.2, 0) is 9.59 Å². The van der Waals surface area contributed by atoms with Crippen LogP contribution in [0.15, 0.2) is 24.3 Å². The van der Waals surface area contributed by atoms with Crippen LogP contribution in [0.2, 0.25) is 5.02 Å². The summed E-state index contributed by atoms with van der Waals surface area (Å²) >= 11 is 6.06. The summed E-state index contributed by atoms with van der Waals surface area (Å²) in [5.74, 6) is -0.501. The first kappa shape index (κ1) is 30.5. The summed E-state index contributed by atoms with van der Waals surface area (Å²) in [6.45, 7) is 5.69. The Kier molecular flexibility index (Phi) is 9.58. The van der Waals surface area contributed by atoms with Crippen molar-refractivity contribution >= 4 is 29.4 Å². The summed E-state index contributed by atoms with van der Waals surface area (Å²) in [5.41, 5.74) is 0.803. The number of rotatable bonds is 6. The number of benzene rings is 1. The zero-order valence-corrected chi connectivity index (χ0v) is 24.2. The van der Waals surface area contributed by atoms with E-state index in [-0.39, 0.29) is 48.8 Å². The van der Waals surface area contributed by atoms with Gasteiger partial charge in [0.05, 0.1) is 12.0 Å². The third-order valence-corrected chi connectivity index (χ3v) is 8.91. The Balaban J connectivity index is 1.50. The van der Waals surface area contributed by atoms with Crippen LogP contribution in [0.25, 0.3) is 0 Å². The number of nitrogens with one attached hydrogen (secondary N) is 1. The van der Waals surface area contributed by atoms with E-state index in [1.165, 1.54) is 4.90 Å². The van der Waals surface area contributed by atoms with Gasteiger partial charge >= 0.3 is 12.2 Å². The van der Waals surface area contributed by atoms with Crippen LogP contribution in [0, 0.1) is 17.8 Å². The van der Waals surface area contributed by atoms with E-state index in [2.05, 4.69) is 6.92 Å². The third kappa shape index (κ3) is 7.22. The number of urea groups is 1. The van der Waals surface area contributed by atoms with Gasteiger partial charge in [-0.05, 0) is 55.7 Å². The summed E-state index contributed by atoms with van der Waals surface area (Å²) in [7, 11) is 0. The Labute approximate surface area is 239 Å². The quantitative estimate of drug-likeness (QED) is 0.494. The first-order valence-corrected chi connectivity index (χ1v) is 14.7. The van der Waals surface area contributed by atoms with Crippen molar-refractivity contribution in [3.63, 3.8) is 0 Å². The normalized spacial score (nSPS) is 27.2. The van der Waals surface area contributed by atoms with Crippen molar-refractivity contribution in [2.75, 3.05) is 32.7 Å². The van der Waals surface area contributed by atoms with E-state index in [1.807, 2.05) is 24.1 Å². The molecule has 4 amide bonds. The molecule has 11 heteroatoms. The van der Waals surface area contributed by atoms with Crippen LogP contribution < -0.4 is 5.32 Å². The standard InChI is InChI=1S/C29H40ClF3N4O3/c1-18(2)26(38)37(22-10-4-19(3)5-11-22)23-12-13-35(14-23)27(39)25-16-36(28(40)34-17-29(31,32)33)15-24(25)20-6-8-21(30)9-7-20/h6-9,18-19,22-25H,4-5,10-17H2,1-3H3,(H,34,40)/t19-,22+,23-,24-,25+/m0/s1. The zero-order chi connectivity index (χ0) is 29.2. The minimum absolute atomic E-state index is 0.0200. The summed E-state index contributed by atoms with van der Waals surface area (Å²) < 4.78 is 38.2. The SMILES string of the molecule is CC(C)C(=O)N([C@H]1CCN(C(=O)[C@@H]2CN(C(=O)NCC(F)(F)F)C[C@H]2c2ccc(Cl)cc2)C1)[C@H]1CC[C@@H](C)CC1. The molecule has 0 spiro atoms. The number of carbonyl (C=O) groups excluding carboxylic acids is 3. The number of carbonyl (C=O) groups is 3. The van der Waals surface area contributed by atoms with E-state index in [1.54, 1.807) is 29.2 Å². The van der Waals surface area contributed by atoms with E-state index in [9.17, 15) is 27.6 Å². The van der Waals surface area contributed by atoms with E-state index in [0.29, 0.717) is 30.5 Å². The van der Waals surface area contributed by atoms with Crippen LogP contribution in [0.4, 0.5) is 18.0 Å². The molecule has 0 radical (unpaired) electrons. The first-order valence-electron chi connectivity index (χ1n) is 14.3. The number of alkyl halides is 3.